The summed E-state index contributed by atoms with van der Waals surface area (Å²) in [6, 6.07) is 0.841. The number of alkyl halides is 2. The summed E-state index contributed by atoms with van der Waals surface area (Å²) in [6.45, 7) is -1.23. The molecule has 0 heterocycles. The number of hydrogen-bond acceptors (Lipinski definition) is 3. The van der Waals surface area contributed by atoms with E-state index >= 15 is 0 Å². The number of amides is 1. The average Bonchev–Trinajstić information content (AvgIpc) is 2.40. The van der Waals surface area contributed by atoms with E-state index in [-0.39, 0.29) is 13.2 Å². The number of hydrogen-bond donors (Lipinski definition) is 2. The molecule has 9 heteroatoms. The molecule has 0 aliphatic heterocycles. The first kappa shape index (κ1) is 16.9. The van der Waals surface area contributed by atoms with E-state index in [0.29, 0.717) is 12.1 Å². The van der Waals surface area contributed by atoms with Crippen molar-refractivity contribution in [3.8, 4) is 0 Å². The molecule has 0 saturated heterocycles. The van der Waals surface area contributed by atoms with Crippen LogP contribution in [0.4, 0.5) is 17.6 Å². The third-order valence-electron chi connectivity index (χ3n) is 2.31. The summed E-state index contributed by atoms with van der Waals surface area (Å²) in [4.78, 5) is 22.5. The molecule has 5 nitrogen and oxygen atoms in total. The Hall–Kier alpha value is -2.16. The Balaban J connectivity index is 2.69. The van der Waals surface area contributed by atoms with E-state index in [1.165, 1.54) is 0 Å². The topological polar surface area (TPSA) is 75.6 Å². The molecule has 0 spiro atoms. The molecule has 0 unspecified atom stereocenters. The second kappa shape index (κ2) is 7.58. The van der Waals surface area contributed by atoms with E-state index in [9.17, 15) is 27.2 Å². The van der Waals surface area contributed by atoms with E-state index in [2.05, 4.69) is 10.1 Å². The van der Waals surface area contributed by atoms with Gasteiger partial charge in [0.15, 0.2) is 11.6 Å². The van der Waals surface area contributed by atoms with Crippen LogP contribution in [0, 0.1) is 11.6 Å². The first-order chi connectivity index (χ1) is 9.82. The van der Waals surface area contributed by atoms with Crippen LogP contribution in [-0.4, -0.2) is 43.2 Å². The van der Waals surface area contributed by atoms with Crippen LogP contribution in [0.5, 0.6) is 0 Å². The van der Waals surface area contributed by atoms with Crippen LogP contribution in [0.2, 0.25) is 0 Å². The normalized spacial score (nSPS) is 10.7. The highest BCUT2D eigenvalue weighted by Gasteiger charge is 2.20. The Morgan fingerprint density at radius 2 is 1.76 bits per heavy atom. The predicted molar refractivity (Wildman–Crippen MR) is 62.5 cm³/mol. The highest BCUT2D eigenvalue weighted by atomic mass is 19.3. The summed E-state index contributed by atoms with van der Waals surface area (Å²) in [7, 11) is 0. The van der Waals surface area contributed by atoms with Gasteiger partial charge in [-0.2, -0.15) is 0 Å². The van der Waals surface area contributed by atoms with Gasteiger partial charge in [-0.3, -0.25) is 4.79 Å². The van der Waals surface area contributed by atoms with E-state index in [4.69, 9.17) is 5.11 Å². The van der Waals surface area contributed by atoms with Crippen LogP contribution in [0.3, 0.4) is 0 Å². The van der Waals surface area contributed by atoms with E-state index in [1.807, 2.05) is 0 Å². The van der Waals surface area contributed by atoms with Crippen LogP contribution in [-0.2, 0) is 4.74 Å². The van der Waals surface area contributed by atoms with Gasteiger partial charge in [0.1, 0.15) is 6.61 Å². The minimum Gasteiger partial charge on any atom is -0.478 e. The lowest BCUT2D eigenvalue weighted by atomic mass is 10.1. The molecular formula is C12H11F4NO4. The summed E-state index contributed by atoms with van der Waals surface area (Å²) in [5.41, 5.74) is -1.28. The molecule has 1 aromatic rings. The van der Waals surface area contributed by atoms with Crippen molar-refractivity contribution in [2.24, 2.45) is 0 Å². The molecule has 116 valence electrons. The van der Waals surface area contributed by atoms with Gasteiger partial charge in [0.2, 0.25) is 0 Å². The van der Waals surface area contributed by atoms with Gasteiger partial charge in [-0.1, -0.05) is 0 Å². The molecule has 2 N–H and O–H groups in total. The van der Waals surface area contributed by atoms with Crippen LogP contribution >= 0.6 is 0 Å². The van der Waals surface area contributed by atoms with Gasteiger partial charge in [0.25, 0.3) is 12.3 Å². The molecule has 1 rings (SSSR count). The number of benzene rings is 1. The zero-order valence-corrected chi connectivity index (χ0v) is 10.5. The number of carbonyl (C=O) groups excluding carboxylic acids is 1. The maximum Gasteiger partial charge on any atom is 0.336 e. The fourth-order valence-corrected chi connectivity index (χ4v) is 1.42. The van der Waals surface area contributed by atoms with Crippen molar-refractivity contribution in [2.45, 2.75) is 6.43 Å². The molecule has 0 aliphatic rings. The Morgan fingerprint density at radius 1 is 1.19 bits per heavy atom. The first-order valence-electron chi connectivity index (χ1n) is 5.69. The number of aromatic carboxylic acids is 1. The van der Waals surface area contributed by atoms with Crippen LogP contribution in [0.25, 0.3) is 0 Å². The summed E-state index contributed by atoms with van der Waals surface area (Å²) >= 11 is 0. The van der Waals surface area contributed by atoms with Gasteiger partial charge in [0, 0.05) is 6.54 Å². The molecule has 0 atom stereocenters. The highest BCUT2D eigenvalue weighted by molar-refractivity contribution is 6.04. The molecule has 0 radical (unpaired) electrons. The van der Waals surface area contributed by atoms with Crippen molar-refractivity contribution in [3.63, 3.8) is 0 Å². The van der Waals surface area contributed by atoms with Crippen molar-refractivity contribution in [3.05, 3.63) is 34.9 Å². The van der Waals surface area contributed by atoms with Gasteiger partial charge in [-0.25, -0.2) is 22.4 Å². The standard InChI is InChI=1S/C12H11F4NO4/c13-8-3-6(7(12(19)20)4-9(8)14)11(18)17-1-2-21-5-10(15)16/h3-4,10H,1-2,5H2,(H,17,18)(H,19,20). The van der Waals surface area contributed by atoms with Crippen molar-refractivity contribution in [2.75, 3.05) is 19.8 Å². The Bertz CT molecular complexity index is 536. The average molecular weight is 309 g/mol. The number of ether oxygens (including phenoxy) is 1. The largest absolute Gasteiger partial charge is 0.478 e. The van der Waals surface area contributed by atoms with E-state index in [1.54, 1.807) is 0 Å². The maximum atomic E-state index is 13.1. The summed E-state index contributed by atoms with van der Waals surface area (Å²) in [5.74, 6) is -5.36. The minimum atomic E-state index is -2.65. The monoisotopic (exact) mass is 309 g/mol. The van der Waals surface area contributed by atoms with Gasteiger partial charge < -0.3 is 15.2 Å². The Labute approximate surface area is 116 Å². The van der Waals surface area contributed by atoms with Crippen LogP contribution in [0.15, 0.2) is 12.1 Å². The molecule has 0 fully saturated rings. The smallest absolute Gasteiger partial charge is 0.336 e. The summed E-state index contributed by atoms with van der Waals surface area (Å²) in [6.07, 6.45) is -2.65. The van der Waals surface area contributed by atoms with Crippen LogP contribution in [0.1, 0.15) is 20.7 Å². The van der Waals surface area contributed by atoms with Crippen molar-refractivity contribution < 1.29 is 37.0 Å². The second-order valence-corrected chi connectivity index (χ2v) is 3.84. The zero-order chi connectivity index (χ0) is 16.0. The fourth-order valence-electron chi connectivity index (χ4n) is 1.42. The summed E-state index contributed by atoms with van der Waals surface area (Å²) in [5, 5.41) is 11.0. The minimum absolute atomic E-state index is 0.191. The molecule has 0 aliphatic carbocycles. The van der Waals surface area contributed by atoms with Gasteiger partial charge in [0.05, 0.1) is 17.7 Å². The molecule has 21 heavy (non-hydrogen) atoms. The van der Waals surface area contributed by atoms with E-state index in [0.717, 1.165) is 0 Å². The van der Waals surface area contributed by atoms with Crippen molar-refractivity contribution in [1.29, 1.82) is 0 Å². The number of carboxylic acids is 1. The molecular weight excluding hydrogens is 298 g/mol. The van der Waals surface area contributed by atoms with Gasteiger partial charge in [-0.05, 0) is 12.1 Å². The number of carbonyl (C=O) groups is 2. The quantitative estimate of drug-likeness (QED) is 0.593. The number of nitrogens with one attached hydrogen (secondary N) is 1. The molecule has 1 aromatic carbocycles. The van der Waals surface area contributed by atoms with Crippen molar-refractivity contribution in [1.82, 2.24) is 5.32 Å². The molecule has 0 aromatic heterocycles. The second-order valence-electron chi connectivity index (χ2n) is 3.84. The Kier molecular flexibility index (Phi) is 6.10. The van der Waals surface area contributed by atoms with Gasteiger partial charge in [-0.15, -0.1) is 0 Å². The lowest BCUT2D eigenvalue weighted by Crippen LogP contribution is -2.29. The van der Waals surface area contributed by atoms with E-state index < -0.39 is 47.7 Å². The number of carboxylic acid groups (broad SMARTS) is 1. The predicted octanol–water partition coefficient (Wildman–Crippen LogP) is 1.67. The lowest BCUT2D eigenvalue weighted by Gasteiger charge is -2.09. The molecule has 1 amide bonds. The SMILES string of the molecule is O=C(O)c1cc(F)c(F)cc1C(=O)NCCOCC(F)F. The zero-order valence-electron chi connectivity index (χ0n) is 10.5. The number of rotatable bonds is 7. The first-order valence-corrected chi connectivity index (χ1v) is 5.69. The fraction of sp³-hybridized carbons (Fsp3) is 0.333. The molecule has 0 saturated carbocycles. The van der Waals surface area contributed by atoms with Crippen molar-refractivity contribution >= 4 is 11.9 Å². The lowest BCUT2D eigenvalue weighted by molar-refractivity contribution is 0.0188. The summed E-state index contributed by atoms with van der Waals surface area (Å²) < 4.78 is 54.0. The highest BCUT2D eigenvalue weighted by Crippen LogP contribution is 2.15. The third-order valence-corrected chi connectivity index (χ3v) is 2.31. The Morgan fingerprint density at radius 3 is 2.29 bits per heavy atom. The van der Waals surface area contributed by atoms with Gasteiger partial charge >= 0.3 is 5.97 Å². The third kappa shape index (κ3) is 5.03. The molecule has 0 bridgehead atoms. The maximum absolute atomic E-state index is 13.1. The van der Waals surface area contributed by atoms with Crippen LogP contribution < -0.4 is 5.32 Å². The number of halogens is 4.